The summed E-state index contributed by atoms with van der Waals surface area (Å²) in [6, 6.07) is 0. The van der Waals surface area contributed by atoms with Crippen LogP contribution in [-0.4, -0.2) is 11.6 Å². The molecule has 0 rings (SSSR count). The maximum atomic E-state index is 11.0. The Balaban J connectivity index is 5.30. The Morgan fingerprint density at radius 1 is 0.917 bits per heavy atom. The van der Waals surface area contributed by atoms with Crippen LogP contribution in [0.4, 0.5) is 0 Å². The van der Waals surface area contributed by atoms with Crippen molar-refractivity contribution in [1.29, 1.82) is 0 Å². The van der Waals surface area contributed by atoms with Gasteiger partial charge < -0.3 is 0 Å². The van der Waals surface area contributed by atoms with Crippen LogP contribution in [0.1, 0.15) is 13.8 Å². The van der Waals surface area contributed by atoms with Gasteiger partial charge in [0.2, 0.25) is 0 Å². The van der Waals surface area contributed by atoms with Crippen molar-refractivity contribution >= 4 is 11.6 Å². The van der Waals surface area contributed by atoms with Gasteiger partial charge in [-0.25, -0.2) is 0 Å². The number of ketones is 2. The lowest BCUT2D eigenvalue weighted by atomic mass is 10.0. The molecule has 0 fully saturated rings. The van der Waals surface area contributed by atoms with Crippen molar-refractivity contribution in [3.63, 3.8) is 0 Å². The molecule has 0 aromatic carbocycles. The number of allylic oxidation sites excluding steroid dienone is 4. The molecule has 12 heavy (non-hydrogen) atoms. The zero-order valence-electron chi connectivity index (χ0n) is 7.39. The quantitative estimate of drug-likeness (QED) is 0.469. The highest BCUT2D eigenvalue weighted by Gasteiger charge is 2.08. The van der Waals surface area contributed by atoms with Crippen LogP contribution in [0.5, 0.6) is 0 Å². The Hall–Kier alpha value is -1.44. The first-order chi connectivity index (χ1) is 5.54. The molecule has 0 bridgehead atoms. The van der Waals surface area contributed by atoms with E-state index in [9.17, 15) is 9.59 Å². The first-order valence-electron chi connectivity index (χ1n) is 3.55. The molecule has 0 amide bonds. The number of carbonyl (C=O) groups is 2. The second-order valence-electron chi connectivity index (χ2n) is 2.35. The van der Waals surface area contributed by atoms with Gasteiger partial charge in [0.1, 0.15) is 0 Å². The lowest BCUT2D eigenvalue weighted by molar-refractivity contribution is -0.115. The summed E-state index contributed by atoms with van der Waals surface area (Å²) in [5.74, 6) is -0.342. The van der Waals surface area contributed by atoms with E-state index in [1.165, 1.54) is 26.0 Å². The summed E-state index contributed by atoms with van der Waals surface area (Å²) in [7, 11) is 0. The third-order valence-corrected chi connectivity index (χ3v) is 1.46. The molecule has 0 atom stereocenters. The van der Waals surface area contributed by atoms with E-state index >= 15 is 0 Å². The van der Waals surface area contributed by atoms with Crippen LogP contribution in [0.15, 0.2) is 36.5 Å². The van der Waals surface area contributed by atoms with Crippen LogP contribution >= 0.6 is 0 Å². The van der Waals surface area contributed by atoms with E-state index in [4.69, 9.17) is 0 Å². The number of rotatable bonds is 4. The summed E-state index contributed by atoms with van der Waals surface area (Å²) in [6.07, 6.45) is 2.75. The molecule has 0 aliphatic heterocycles. The predicted octanol–water partition coefficient (Wildman–Crippen LogP) is 1.83. The molecule has 0 aromatic heterocycles. The minimum absolute atomic E-state index is 0.171. The van der Waals surface area contributed by atoms with Crippen LogP contribution in [0.3, 0.4) is 0 Å². The lowest BCUT2D eigenvalue weighted by Gasteiger charge is -2.00. The van der Waals surface area contributed by atoms with Gasteiger partial charge in [-0.1, -0.05) is 25.3 Å². The summed E-state index contributed by atoms with van der Waals surface area (Å²) in [5.41, 5.74) is 0.662. The van der Waals surface area contributed by atoms with E-state index < -0.39 is 0 Å². The molecule has 0 aliphatic rings. The van der Waals surface area contributed by atoms with E-state index in [1.54, 1.807) is 0 Å². The number of hydrogen-bond acceptors (Lipinski definition) is 2. The molecule has 0 unspecified atom stereocenters. The SMILES string of the molecule is C=C/C(C(C)=O)=C(\C=C)C(C)=O. The first kappa shape index (κ1) is 10.6. The van der Waals surface area contributed by atoms with Gasteiger partial charge in [-0.3, -0.25) is 9.59 Å². The Morgan fingerprint density at radius 2 is 1.17 bits per heavy atom. The second-order valence-corrected chi connectivity index (χ2v) is 2.35. The molecule has 0 saturated carbocycles. The molecule has 2 heteroatoms. The highest BCUT2D eigenvalue weighted by molar-refractivity contribution is 6.07. The van der Waals surface area contributed by atoms with E-state index in [-0.39, 0.29) is 11.6 Å². The van der Waals surface area contributed by atoms with Gasteiger partial charge in [0.05, 0.1) is 0 Å². The molecular weight excluding hydrogens is 152 g/mol. The molecule has 64 valence electrons. The molecular formula is C10H12O2. The standard InChI is InChI=1S/C10H12O2/c1-5-9(7(3)11)10(6-2)8(4)12/h5-6H,1-2H2,3-4H3/b10-9-. The predicted molar refractivity (Wildman–Crippen MR) is 48.8 cm³/mol. The van der Waals surface area contributed by atoms with Crippen LogP contribution in [0.25, 0.3) is 0 Å². The average molecular weight is 164 g/mol. The Labute approximate surface area is 72.3 Å². The monoisotopic (exact) mass is 164 g/mol. The van der Waals surface area contributed by atoms with E-state index in [2.05, 4.69) is 13.2 Å². The Kier molecular flexibility index (Phi) is 3.91. The summed E-state index contributed by atoms with van der Waals surface area (Å²) in [4.78, 5) is 21.9. The molecule has 0 aromatic rings. The highest BCUT2D eigenvalue weighted by atomic mass is 16.1. The normalized spacial score (nSPS) is 11.5. The third-order valence-electron chi connectivity index (χ3n) is 1.46. The molecule has 0 saturated heterocycles. The van der Waals surface area contributed by atoms with Gasteiger partial charge in [0.15, 0.2) is 11.6 Å². The zero-order chi connectivity index (χ0) is 9.72. The van der Waals surface area contributed by atoms with Gasteiger partial charge in [-0.2, -0.15) is 0 Å². The highest BCUT2D eigenvalue weighted by Crippen LogP contribution is 2.09. The second kappa shape index (κ2) is 4.44. The molecule has 0 N–H and O–H groups in total. The Morgan fingerprint density at radius 3 is 1.25 bits per heavy atom. The van der Waals surface area contributed by atoms with Crippen LogP contribution in [0, 0.1) is 0 Å². The number of hydrogen-bond donors (Lipinski definition) is 0. The maximum absolute atomic E-state index is 11.0. The average Bonchev–Trinajstić information content (AvgIpc) is 1.98. The molecule has 2 nitrogen and oxygen atoms in total. The van der Waals surface area contributed by atoms with E-state index in [1.807, 2.05) is 0 Å². The van der Waals surface area contributed by atoms with Gasteiger partial charge in [0.25, 0.3) is 0 Å². The summed E-state index contributed by atoms with van der Waals surface area (Å²) < 4.78 is 0. The topological polar surface area (TPSA) is 34.1 Å². The van der Waals surface area contributed by atoms with Crippen molar-refractivity contribution in [3.8, 4) is 0 Å². The van der Waals surface area contributed by atoms with Crippen molar-refractivity contribution in [2.24, 2.45) is 0 Å². The van der Waals surface area contributed by atoms with Crippen molar-refractivity contribution in [1.82, 2.24) is 0 Å². The van der Waals surface area contributed by atoms with Crippen molar-refractivity contribution in [2.75, 3.05) is 0 Å². The van der Waals surface area contributed by atoms with Gasteiger partial charge in [-0.15, -0.1) is 0 Å². The molecule has 0 aliphatic carbocycles. The summed E-state index contributed by atoms with van der Waals surface area (Å²) in [5, 5.41) is 0. The summed E-state index contributed by atoms with van der Waals surface area (Å²) >= 11 is 0. The molecule has 0 spiro atoms. The maximum Gasteiger partial charge on any atom is 0.160 e. The van der Waals surface area contributed by atoms with E-state index in [0.717, 1.165) is 0 Å². The van der Waals surface area contributed by atoms with E-state index in [0.29, 0.717) is 11.1 Å². The summed E-state index contributed by atoms with van der Waals surface area (Å²) in [6.45, 7) is 9.69. The van der Waals surface area contributed by atoms with Crippen molar-refractivity contribution < 1.29 is 9.59 Å². The van der Waals surface area contributed by atoms with Crippen LogP contribution in [0.2, 0.25) is 0 Å². The number of Topliss-reactive ketones (excluding diaryl/α,β-unsaturated/α-hetero) is 2. The zero-order valence-corrected chi connectivity index (χ0v) is 7.39. The smallest absolute Gasteiger partial charge is 0.160 e. The third kappa shape index (κ3) is 2.31. The molecule has 0 heterocycles. The fraction of sp³-hybridized carbons (Fsp3) is 0.200. The number of carbonyl (C=O) groups excluding carboxylic acids is 2. The molecule has 0 radical (unpaired) electrons. The van der Waals surface area contributed by atoms with Crippen LogP contribution in [-0.2, 0) is 9.59 Å². The largest absolute Gasteiger partial charge is 0.294 e. The fourth-order valence-electron chi connectivity index (χ4n) is 0.887. The Bertz CT molecular complexity index is 242. The lowest BCUT2D eigenvalue weighted by Crippen LogP contribution is -2.03. The minimum atomic E-state index is -0.171. The fourth-order valence-corrected chi connectivity index (χ4v) is 0.887. The van der Waals surface area contributed by atoms with Gasteiger partial charge in [-0.05, 0) is 13.8 Å². The van der Waals surface area contributed by atoms with Gasteiger partial charge in [0, 0.05) is 11.1 Å². The van der Waals surface area contributed by atoms with Crippen LogP contribution < -0.4 is 0 Å². The van der Waals surface area contributed by atoms with Crippen molar-refractivity contribution in [3.05, 3.63) is 36.5 Å². The van der Waals surface area contributed by atoms with Crippen molar-refractivity contribution in [2.45, 2.75) is 13.8 Å². The van der Waals surface area contributed by atoms with Gasteiger partial charge >= 0.3 is 0 Å². The minimum Gasteiger partial charge on any atom is -0.294 e. The first-order valence-corrected chi connectivity index (χ1v) is 3.55.